The van der Waals surface area contributed by atoms with E-state index in [0.717, 1.165) is 25.0 Å². The zero-order chi connectivity index (χ0) is 20.8. The molecule has 0 radical (unpaired) electrons. The number of hydrogen-bond donors (Lipinski definition) is 1. The van der Waals surface area contributed by atoms with E-state index < -0.39 is 15.4 Å². The molecular formula is C23H40O4S. The van der Waals surface area contributed by atoms with Gasteiger partial charge in [0, 0.05) is 0 Å². The summed E-state index contributed by atoms with van der Waals surface area (Å²) in [5, 5.41) is -0.928. The van der Waals surface area contributed by atoms with Crippen LogP contribution in [-0.2, 0) is 23.0 Å². The van der Waals surface area contributed by atoms with Crippen LogP contribution in [0, 0.1) is 0 Å². The first-order valence-electron chi connectivity index (χ1n) is 11.1. The van der Waals surface area contributed by atoms with Crippen LogP contribution >= 0.6 is 0 Å². The monoisotopic (exact) mass is 412 g/mol. The van der Waals surface area contributed by atoms with E-state index >= 15 is 0 Å². The van der Waals surface area contributed by atoms with Crippen molar-refractivity contribution in [3.05, 3.63) is 29.3 Å². The molecule has 4 nitrogen and oxygen atoms in total. The van der Waals surface area contributed by atoms with Gasteiger partial charge in [0.25, 0.3) is 10.1 Å². The van der Waals surface area contributed by atoms with Crippen molar-refractivity contribution < 1.29 is 17.7 Å². The van der Waals surface area contributed by atoms with E-state index in [1.165, 1.54) is 75.8 Å². The highest BCUT2D eigenvalue weighted by atomic mass is 32.2. The third-order valence-corrected chi connectivity index (χ3v) is 6.45. The van der Waals surface area contributed by atoms with Gasteiger partial charge in [0.15, 0.2) is 0 Å². The summed E-state index contributed by atoms with van der Waals surface area (Å²) in [5.41, 5.74) is 2.54. The SMILES string of the molecule is CCCCCCCc1cccc(OCC(C)S(=O)(=O)O)c1CCCCCCC. The molecule has 1 atom stereocenters. The molecule has 0 aliphatic rings. The van der Waals surface area contributed by atoms with Gasteiger partial charge in [-0.2, -0.15) is 8.42 Å². The second-order valence-corrected chi connectivity index (χ2v) is 9.69. The Hall–Kier alpha value is -1.07. The van der Waals surface area contributed by atoms with Gasteiger partial charge in [-0.3, -0.25) is 4.55 Å². The van der Waals surface area contributed by atoms with Crippen molar-refractivity contribution >= 4 is 10.1 Å². The van der Waals surface area contributed by atoms with Crippen molar-refractivity contribution in [1.82, 2.24) is 0 Å². The Bertz CT molecular complexity index is 640. The summed E-state index contributed by atoms with van der Waals surface area (Å²) >= 11 is 0. The lowest BCUT2D eigenvalue weighted by atomic mass is 9.95. The van der Waals surface area contributed by atoms with Gasteiger partial charge in [-0.15, -0.1) is 0 Å². The Balaban J connectivity index is 2.78. The van der Waals surface area contributed by atoms with Gasteiger partial charge >= 0.3 is 0 Å². The molecule has 5 heteroatoms. The lowest BCUT2D eigenvalue weighted by Gasteiger charge is -2.17. The predicted octanol–water partition coefficient (Wildman–Crippen LogP) is 6.37. The summed E-state index contributed by atoms with van der Waals surface area (Å²) < 4.78 is 37.6. The minimum absolute atomic E-state index is 0.0262. The topological polar surface area (TPSA) is 63.6 Å². The van der Waals surface area contributed by atoms with Gasteiger partial charge in [0.2, 0.25) is 0 Å². The standard InChI is InChI=1S/C23H40O4S/c1-4-6-8-10-12-15-21-16-14-18-23(27-19-20(3)28(24,25)26)22(21)17-13-11-9-7-5-2/h14,16,18,20H,4-13,15,17,19H2,1-3H3,(H,24,25,26). The summed E-state index contributed by atoms with van der Waals surface area (Å²) in [6.45, 7) is 5.89. The Labute approximate surface area is 172 Å². The normalized spacial score (nSPS) is 12.9. The van der Waals surface area contributed by atoms with Crippen LogP contribution in [0.5, 0.6) is 5.75 Å². The smallest absolute Gasteiger partial charge is 0.270 e. The Morgan fingerprint density at radius 3 is 2.04 bits per heavy atom. The molecule has 1 rings (SSSR count). The van der Waals surface area contributed by atoms with E-state index in [1.807, 2.05) is 12.1 Å². The molecule has 162 valence electrons. The summed E-state index contributed by atoms with van der Waals surface area (Å²) in [6, 6.07) is 6.11. The minimum atomic E-state index is -4.07. The van der Waals surface area contributed by atoms with Crippen molar-refractivity contribution in [3.63, 3.8) is 0 Å². The maximum Gasteiger partial charge on any atom is 0.270 e. The average Bonchev–Trinajstić information content (AvgIpc) is 2.66. The maximum atomic E-state index is 11.3. The average molecular weight is 413 g/mol. The highest BCUT2D eigenvalue weighted by Gasteiger charge is 2.19. The van der Waals surface area contributed by atoms with Crippen LogP contribution in [0.15, 0.2) is 18.2 Å². The van der Waals surface area contributed by atoms with Gasteiger partial charge in [-0.05, 0) is 49.8 Å². The molecule has 28 heavy (non-hydrogen) atoms. The number of unbranched alkanes of at least 4 members (excludes halogenated alkanes) is 8. The van der Waals surface area contributed by atoms with E-state index in [-0.39, 0.29) is 6.61 Å². The first kappa shape index (κ1) is 25.0. The lowest BCUT2D eigenvalue weighted by Crippen LogP contribution is -2.24. The molecular weight excluding hydrogens is 372 g/mol. The first-order chi connectivity index (χ1) is 13.4. The molecule has 0 spiro atoms. The van der Waals surface area contributed by atoms with Gasteiger partial charge in [-0.25, -0.2) is 0 Å². The Morgan fingerprint density at radius 2 is 1.46 bits per heavy atom. The second-order valence-electron chi connectivity index (χ2n) is 7.86. The van der Waals surface area contributed by atoms with Gasteiger partial charge in [-0.1, -0.05) is 77.3 Å². The van der Waals surface area contributed by atoms with Crippen molar-refractivity contribution in [2.75, 3.05) is 6.61 Å². The van der Waals surface area contributed by atoms with E-state index in [9.17, 15) is 13.0 Å². The molecule has 0 aliphatic carbocycles. The Kier molecular flexibility index (Phi) is 12.5. The minimum Gasteiger partial charge on any atom is -0.492 e. The molecule has 1 aromatic carbocycles. The fraction of sp³-hybridized carbons (Fsp3) is 0.739. The third kappa shape index (κ3) is 9.92. The number of benzene rings is 1. The van der Waals surface area contributed by atoms with E-state index in [1.54, 1.807) is 0 Å². The van der Waals surface area contributed by atoms with Crippen LogP contribution in [0.25, 0.3) is 0 Å². The number of ether oxygens (including phenoxy) is 1. The van der Waals surface area contributed by atoms with Crippen LogP contribution < -0.4 is 4.74 Å². The maximum absolute atomic E-state index is 11.3. The van der Waals surface area contributed by atoms with Crippen molar-refractivity contribution in [3.8, 4) is 5.75 Å². The molecule has 0 saturated carbocycles. The van der Waals surface area contributed by atoms with Crippen LogP contribution in [0.1, 0.15) is 96.1 Å². The lowest BCUT2D eigenvalue weighted by molar-refractivity contribution is 0.307. The zero-order valence-corrected chi connectivity index (χ0v) is 18.9. The highest BCUT2D eigenvalue weighted by molar-refractivity contribution is 7.86. The molecule has 0 aromatic heterocycles. The molecule has 1 unspecified atom stereocenters. The van der Waals surface area contributed by atoms with Crippen LogP contribution in [0.2, 0.25) is 0 Å². The fourth-order valence-corrected chi connectivity index (χ4v) is 3.62. The van der Waals surface area contributed by atoms with Gasteiger partial charge in [0.05, 0.1) is 0 Å². The van der Waals surface area contributed by atoms with Crippen LogP contribution in [0.3, 0.4) is 0 Å². The van der Waals surface area contributed by atoms with E-state index in [4.69, 9.17) is 4.74 Å². The molecule has 0 bridgehead atoms. The zero-order valence-electron chi connectivity index (χ0n) is 18.1. The van der Waals surface area contributed by atoms with Gasteiger partial charge in [0.1, 0.15) is 17.6 Å². The number of hydrogen-bond acceptors (Lipinski definition) is 3. The molecule has 0 fully saturated rings. The van der Waals surface area contributed by atoms with Crippen LogP contribution in [-0.4, -0.2) is 24.8 Å². The molecule has 0 saturated heterocycles. The molecule has 1 N–H and O–H groups in total. The highest BCUT2D eigenvalue weighted by Crippen LogP contribution is 2.27. The van der Waals surface area contributed by atoms with Crippen molar-refractivity contribution in [2.45, 2.75) is 103 Å². The van der Waals surface area contributed by atoms with E-state index in [0.29, 0.717) is 0 Å². The predicted molar refractivity (Wildman–Crippen MR) is 118 cm³/mol. The van der Waals surface area contributed by atoms with Crippen molar-refractivity contribution in [2.24, 2.45) is 0 Å². The fourth-order valence-electron chi connectivity index (χ4n) is 3.38. The summed E-state index contributed by atoms with van der Waals surface area (Å²) in [6.07, 6.45) is 14.3. The largest absolute Gasteiger partial charge is 0.492 e. The Morgan fingerprint density at radius 1 is 0.893 bits per heavy atom. The quantitative estimate of drug-likeness (QED) is 0.253. The third-order valence-electron chi connectivity index (χ3n) is 5.29. The second kappa shape index (κ2) is 14.0. The van der Waals surface area contributed by atoms with Crippen LogP contribution in [0.4, 0.5) is 0 Å². The number of rotatable bonds is 16. The van der Waals surface area contributed by atoms with Crippen molar-refractivity contribution in [1.29, 1.82) is 0 Å². The molecule has 0 heterocycles. The molecule has 1 aromatic rings. The molecule has 0 amide bonds. The number of aryl methyl sites for hydroxylation is 1. The summed E-state index contributed by atoms with van der Waals surface area (Å²) in [5.74, 6) is 0.775. The summed E-state index contributed by atoms with van der Waals surface area (Å²) in [7, 11) is -4.07. The summed E-state index contributed by atoms with van der Waals surface area (Å²) in [4.78, 5) is 0. The molecule has 0 aliphatic heterocycles. The van der Waals surface area contributed by atoms with Gasteiger partial charge < -0.3 is 4.74 Å². The van der Waals surface area contributed by atoms with E-state index in [2.05, 4.69) is 19.9 Å². The first-order valence-corrected chi connectivity index (χ1v) is 12.6.